The molecule has 0 unspecified atom stereocenters. The molecule has 0 saturated heterocycles. The molecule has 0 spiro atoms. The smallest absolute Gasteiger partial charge is 0.308 e. The number of halogens is 2. The fraction of sp³-hybridized carbons (Fsp3) is 0.0476. The number of amides is 2. The number of carbonyl (C=O) groups is 2. The van der Waals surface area contributed by atoms with Gasteiger partial charge >= 0.3 is 6.03 Å². The largest absolute Gasteiger partial charge is 0.323 e. The Bertz CT molecular complexity index is 1210. The van der Waals surface area contributed by atoms with Crippen molar-refractivity contribution < 1.29 is 18.0 Å². The minimum absolute atomic E-state index is 0.00521. The molecule has 3 N–H and O–H groups in total. The van der Waals surface area contributed by atoms with E-state index >= 15 is 0 Å². The highest BCUT2D eigenvalue weighted by Crippen LogP contribution is 2.25. The lowest BCUT2D eigenvalue weighted by molar-refractivity contribution is 0.101. The normalized spacial score (nSPS) is 10.9. The van der Waals surface area contributed by atoms with Crippen LogP contribution in [0.2, 0.25) is 10.0 Å². The van der Waals surface area contributed by atoms with Crippen LogP contribution in [0.25, 0.3) is 0 Å². The minimum atomic E-state index is -3.87. The summed E-state index contributed by atoms with van der Waals surface area (Å²) < 4.78 is 27.5. The number of ketones is 1. The number of urea groups is 1. The van der Waals surface area contributed by atoms with Crippen molar-refractivity contribution in [3.8, 4) is 0 Å². The van der Waals surface area contributed by atoms with E-state index in [9.17, 15) is 18.0 Å². The zero-order chi connectivity index (χ0) is 22.6. The summed E-state index contributed by atoms with van der Waals surface area (Å²) in [6.45, 7) is 1.46. The fourth-order valence-corrected chi connectivity index (χ4v) is 4.19. The Morgan fingerprint density at radius 1 is 0.742 bits per heavy atom. The molecule has 0 saturated carbocycles. The van der Waals surface area contributed by atoms with E-state index in [1.807, 2.05) is 0 Å². The molecule has 3 aromatic carbocycles. The van der Waals surface area contributed by atoms with Crippen molar-refractivity contribution in [1.29, 1.82) is 0 Å². The number of nitrogens with one attached hydrogen (secondary N) is 3. The number of benzene rings is 3. The van der Waals surface area contributed by atoms with Gasteiger partial charge in [-0.1, -0.05) is 23.2 Å². The number of Topliss-reactive ketones (excluding diaryl/α,β-unsaturated/α-hetero) is 1. The standard InChI is InChI=1S/C21H17Cl2N3O4S/c1-13(27)14-2-4-17(5-3-14)24-21(28)25-18-6-8-20(9-7-18)31(29,30)26-19-11-15(22)10-16(23)12-19/h2-12,26H,1H3,(H2,24,25,28). The van der Waals surface area contributed by atoms with Crippen LogP contribution in [-0.4, -0.2) is 20.2 Å². The molecule has 3 rings (SSSR count). The second-order valence-corrected chi connectivity index (χ2v) is 9.06. The molecule has 160 valence electrons. The number of rotatable bonds is 6. The van der Waals surface area contributed by atoms with Gasteiger partial charge in [0, 0.05) is 27.0 Å². The molecular formula is C21H17Cl2N3O4S. The van der Waals surface area contributed by atoms with Crippen molar-refractivity contribution in [2.75, 3.05) is 15.4 Å². The predicted molar refractivity (Wildman–Crippen MR) is 123 cm³/mol. The van der Waals surface area contributed by atoms with Crippen molar-refractivity contribution in [3.05, 3.63) is 82.3 Å². The number of hydrogen-bond acceptors (Lipinski definition) is 4. The van der Waals surface area contributed by atoms with Crippen LogP contribution in [-0.2, 0) is 10.0 Å². The van der Waals surface area contributed by atoms with Gasteiger partial charge in [-0.15, -0.1) is 0 Å². The van der Waals surface area contributed by atoms with Crippen LogP contribution in [0, 0.1) is 0 Å². The van der Waals surface area contributed by atoms with Gasteiger partial charge in [0.2, 0.25) is 0 Å². The van der Waals surface area contributed by atoms with Gasteiger partial charge in [-0.2, -0.15) is 0 Å². The summed E-state index contributed by atoms with van der Waals surface area (Å²) in [4.78, 5) is 23.4. The predicted octanol–water partition coefficient (Wildman–Crippen LogP) is 5.64. The van der Waals surface area contributed by atoms with Crippen LogP contribution in [0.3, 0.4) is 0 Å². The molecule has 2 amide bonds. The average Bonchev–Trinajstić information content (AvgIpc) is 2.67. The molecule has 0 heterocycles. The summed E-state index contributed by atoms with van der Waals surface area (Å²) in [5.41, 5.74) is 1.67. The number of anilines is 3. The summed E-state index contributed by atoms with van der Waals surface area (Å²) >= 11 is 11.8. The summed E-state index contributed by atoms with van der Waals surface area (Å²) in [5, 5.41) is 5.83. The highest BCUT2D eigenvalue weighted by atomic mass is 35.5. The summed E-state index contributed by atoms with van der Waals surface area (Å²) in [6.07, 6.45) is 0. The minimum Gasteiger partial charge on any atom is -0.308 e. The van der Waals surface area contributed by atoms with Gasteiger partial charge in [-0.25, -0.2) is 13.2 Å². The van der Waals surface area contributed by atoms with Gasteiger partial charge in [-0.05, 0) is 73.7 Å². The van der Waals surface area contributed by atoms with Crippen LogP contribution in [0.1, 0.15) is 17.3 Å². The van der Waals surface area contributed by atoms with Crippen molar-refractivity contribution in [1.82, 2.24) is 0 Å². The molecule has 0 aliphatic heterocycles. The Hall–Kier alpha value is -3.07. The van der Waals surface area contributed by atoms with Gasteiger partial charge in [0.05, 0.1) is 10.6 Å². The van der Waals surface area contributed by atoms with Crippen molar-refractivity contribution in [3.63, 3.8) is 0 Å². The number of carbonyl (C=O) groups excluding carboxylic acids is 2. The molecule has 7 nitrogen and oxygen atoms in total. The first-order valence-corrected chi connectivity index (χ1v) is 11.1. The first-order valence-electron chi connectivity index (χ1n) is 8.90. The Kier molecular flexibility index (Phi) is 6.84. The molecule has 0 radical (unpaired) electrons. The van der Waals surface area contributed by atoms with E-state index in [1.165, 1.54) is 49.4 Å². The topological polar surface area (TPSA) is 104 Å². The van der Waals surface area contributed by atoms with E-state index < -0.39 is 16.1 Å². The first-order chi connectivity index (χ1) is 14.6. The van der Waals surface area contributed by atoms with Gasteiger partial charge < -0.3 is 10.6 Å². The van der Waals surface area contributed by atoms with Crippen molar-refractivity contribution in [2.45, 2.75) is 11.8 Å². The quantitative estimate of drug-likeness (QED) is 0.399. The molecule has 0 aliphatic rings. The van der Waals surface area contributed by atoms with Crippen LogP contribution in [0.15, 0.2) is 71.6 Å². The van der Waals surface area contributed by atoms with Crippen molar-refractivity contribution >= 4 is 62.1 Å². The third-order valence-corrected chi connectivity index (χ3v) is 5.92. The Labute approximate surface area is 189 Å². The first kappa shape index (κ1) is 22.6. The molecule has 0 bridgehead atoms. The number of hydrogen-bond donors (Lipinski definition) is 3. The van der Waals surface area contributed by atoms with Crippen LogP contribution < -0.4 is 15.4 Å². The SMILES string of the molecule is CC(=O)c1ccc(NC(=O)Nc2ccc(S(=O)(=O)Nc3cc(Cl)cc(Cl)c3)cc2)cc1. The zero-order valence-electron chi connectivity index (χ0n) is 16.1. The molecule has 0 aromatic heterocycles. The van der Waals surface area contributed by atoms with E-state index in [0.717, 1.165) is 0 Å². The van der Waals surface area contributed by atoms with E-state index in [-0.39, 0.29) is 16.4 Å². The van der Waals surface area contributed by atoms with Gasteiger partial charge in [0.15, 0.2) is 5.78 Å². The van der Waals surface area contributed by atoms with Crippen molar-refractivity contribution in [2.24, 2.45) is 0 Å². The maximum atomic E-state index is 12.6. The van der Waals surface area contributed by atoms with E-state index in [2.05, 4.69) is 15.4 Å². The third-order valence-electron chi connectivity index (χ3n) is 4.09. The third kappa shape index (κ3) is 6.21. The zero-order valence-corrected chi connectivity index (χ0v) is 18.5. The molecule has 3 aromatic rings. The average molecular weight is 478 g/mol. The number of sulfonamides is 1. The molecule has 0 aliphatic carbocycles. The van der Waals surface area contributed by atoms with Gasteiger partial charge in [0.25, 0.3) is 10.0 Å². The second kappa shape index (κ2) is 9.38. The van der Waals surface area contributed by atoms with Gasteiger partial charge in [0.1, 0.15) is 0 Å². The lowest BCUT2D eigenvalue weighted by Gasteiger charge is -2.11. The Balaban J connectivity index is 1.64. The van der Waals surface area contributed by atoms with E-state index in [0.29, 0.717) is 27.0 Å². The van der Waals surface area contributed by atoms with Crippen LogP contribution >= 0.6 is 23.2 Å². The van der Waals surface area contributed by atoms with Gasteiger partial charge in [-0.3, -0.25) is 9.52 Å². The lowest BCUT2D eigenvalue weighted by atomic mass is 10.1. The van der Waals surface area contributed by atoms with E-state index in [1.54, 1.807) is 24.3 Å². The maximum absolute atomic E-state index is 12.6. The fourth-order valence-electron chi connectivity index (χ4n) is 2.63. The molecule has 10 heteroatoms. The summed E-state index contributed by atoms with van der Waals surface area (Å²) in [7, 11) is -3.87. The lowest BCUT2D eigenvalue weighted by Crippen LogP contribution is -2.19. The second-order valence-electron chi connectivity index (χ2n) is 6.50. The molecule has 0 fully saturated rings. The van der Waals surface area contributed by atoms with Crippen LogP contribution in [0.5, 0.6) is 0 Å². The summed E-state index contributed by atoms with van der Waals surface area (Å²) in [5.74, 6) is -0.0704. The Morgan fingerprint density at radius 3 is 1.71 bits per heavy atom. The Morgan fingerprint density at radius 2 is 1.23 bits per heavy atom. The highest BCUT2D eigenvalue weighted by Gasteiger charge is 2.15. The van der Waals surface area contributed by atoms with Crippen LogP contribution in [0.4, 0.5) is 21.9 Å². The van der Waals surface area contributed by atoms with E-state index in [4.69, 9.17) is 23.2 Å². The molecular weight excluding hydrogens is 461 g/mol. The monoisotopic (exact) mass is 477 g/mol. The highest BCUT2D eigenvalue weighted by molar-refractivity contribution is 7.92. The summed E-state index contributed by atoms with van der Waals surface area (Å²) in [6, 6.07) is 15.9. The molecule has 0 atom stereocenters. The molecule has 31 heavy (non-hydrogen) atoms. The maximum Gasteiger partial charge on any atom is 0.323 e.